The van der Waals surface area contributed by atoms with Crippen LogP contribution in [-0.4, -0.2) is 29.3 Å². The molecule has 0 aromatic carbocycles. The number of nitrogens with one attached hydrogen (secondary N) is 1. The molecule has 2 amide bonds. The van der Waals surface area contributed by atoms with Crippen LogP contribution < -0.4 is 5.32 Å². The predicted octanol–water partition coefficient (Wildman–Crippen LogP) is 2.01. The van der Waals surface area contributed by atoms with Crippen LogP contribution in [0.25, 0.3) is 0 Å². The average Bonchev–Trinajstić information content (AvgIpc) is 2.98. The lowest BCUT2D eigenvalue weighted by Gasteiger charge is -2.23. The Balaban J connectivity index is 1.98. The fourth-order valence-corrected chi connectivity index (χ4v) is 2.90. The predicted molar refractivity (Wildman–Crippen MR) is 75.7 cm³/mol. The summed E-state index contributed by atoms with van der Waals surface area (Å²) in [5.74, 6) is 0.487. The molecule has 2 heterocycles. The molecule has 1 aromatic heterocycles. The first-order valence-electron chi connectivity index (χ1n) is 6.67. The van der Waals surface area contributed by atoms with Crippen LogP contribution in [-0.2, 0) is 16.1 Å². The van der Waals surface area contributed by atoms with E-state index in [-0.39, 0.29) is 17.9 Å². The van der Waals surface area contributed by atoms with Crippen LogP contribution >= 0.6 is 11.3 Å². The largest absolute Gasteiger partial charge is 0.354 e. The van der Waals surface area contributed by atoms with Crippen molar-refractivity contribution >= 4 is 23.2 Å². The minimum Gasteiger partial charge on any atom is -0.354 e. The van der Waals surface area contributed by atoms with Crippen LogP contribution in [0.4, 0.5) is 0 Å². The van der Waals surface area contributed by atoms with E-state index in [1.807, 2.05) is 17.5 Å². The molecular formula is C14H20N2O2S. The van der Waals surface area contributed by atoms with Crippen molar-refractivity contribution in [2.45, 2.75) is 39.3 Å². The van der Waals surface area contributed by atoms with E-state index in [0.29, 0.717) is 31.8 Å². The number of carbonyl (C=O) groups is 2. The van der Waals surface area contributed by atoms with Gasteiger partial charge in [0.15, 0.2) is 0 Å². The zero-order valence-corrected chi connectivity index (χ0v) is 12.2. The summed E-state index contributed by atoms with van der Waals surface area (Å²) in [6, 6.07) is 3.67. The van der Waals surface area contributed by atoms with Crippen LogP contribution in [0.2, 0.25) is 0 Å². The quantitative estimate of drug-likeness (QED) is 0.897. The molecule has 1 fully saturated rings. The Hall–Kier alpha value is -1.36. The van der Waals surface area contributed by atoms with Crippen molar-refractivity contribution < 1.29 is 9.59 Å². The molecule has 1 aliphatic rings. The molecule has 1 unspecified atom stereocenters. The number of hydrogen-bond donors (Lipinski definition) is 1. The number of nitrogens with zero attached hydrogens (tertiary/aromatic N) is 1. The zero-order chi connectivity index (χ0) is 13.8. The third-order valence-corrected chi connectivity index (χ3v) is 4.08. The fourth-order valence-electron chi connectivity index (χ4n) is 2.20. The second-order valence-corrected chi connectivity index (χ2v) is 6.33. The summed E-state index contributed by atoms with van der Waals surface area (Å²) in [7, 11) is 0. The molecule has 1 atom stereocenters. The van der Waals surface area contributed by atoms with E-state index in [2.05, 4.69) is 19.2 Å². The van der Waals surface area contributed by atoms with Gasteiger partial charge in [0.1, 0.15) is 6.04 Å². The third kappa shape index (κ3) is 3.56. The van der Waals surface area contributed by atoms with Gasteiger partial charge in [-0.15, -0.1) is 11.3 Å². The Morgan fingerprint density at radius 2 is 2.37 bits per heavy atom. The van der Waals surface area contributed by atoms with Gasteiger partial charge in [-0.05, 0) is 23.8 Å². The molecular weight excluding hydrogens is 260 g/mol. The molecule has 5 heteroatoms. The number of amides is 2. The lowest BCUT2D eigenvalue weighted by Crippen LogP contribution is -2.45. The number of rotatable bonds is 5. The Labute approximate surface area is 117 Å². The summed E-state index contributed by atoms with van der Waals surface area (Å²) >= 11 is 1.62. The van der Waals surface area contributed by atoms with Gasteiger partial charge in [0.05, 0.1) is 6.54 Å². The van der Waals surface area contributed by atoms with Crippen molar-refractivity contribution in [3.63, 3.8) is 0 Å². The Bertz CT molecular complexity index is 442. The SMILES string of the molecule is CC(C)CNC(=O)C1CCC(=O)N1Cc1cccs1. The molecule has 0 saturated carbocycles. The molecule has 1 aliphatic heterocycles. The van der Waals surface area contributed by atoms with Gasteiger partial charge in [-0.3, -0.25) is 9.59 Å². The Morgan fingerprint density at radius 3 is 3.00 bits per heavy atom. The molecule has 1 saturated heterocycles. The van der Waals surface area contributed by atoms with Crippen LogP contribution in [0.3, 0.4) is 0 Å². The summed E-state index contributed by atoms with van der Waals surface area (Å²) < 4.78 is 0. The first-order chi connectivity index (χ1) is 9.08. The van der Waals surface area contributed by atoms with Crippen molar-refractivity contribution in [2.75, 3.05) is 6.54 Å². The monoisotopic (exact) mass is 280 g/mol. The molecule has 0 aliphatic carbocycles. The second-order valence-electron chi connectivity index (χ2n) is 5.29. The van der Waals surface area contributed by atoms with Crippen molar-refractivity contribution in [1.29, 1.82) is 0 Å². The molecule has 0 spiro atoms. The zero-order valence-electron chi connectivity index (χ0n) is 11.4. The van der Waals surface area contributed by atoms with E-state index in [9.17, 15) is 9.59 Å². The second kappa shape index (κ2) is 6.19. The first kappa shape index (κ1) is 14.1. The standard InChI is InChI=1S/C14H20N2O2S/c1-10(2)8-15-14(18)12-5-6-13(17)16(12)9-11-4-3-7-19-11/h3-4,7,10,12H,5-6,8-9H2,1-2H3,(H,15,18). The van der Waals surface area contributed by atoms with Gasteiger partial charge < -0.3 is 10.2 Å². The topological polar surface area (TPSA) is 49.4 Å². The van der Waals surface area contributed by atoms with E-state index in [4.69, 9.17) is 0 Å². The normalized spacial score (nSPS) is 19.2. The van der Waals surface area contributed by atoms with E-state index in [1.54, 1.807) is 16.2 Å². The maximum absolute atomic E-state index is 12.1. The van der Waals surface area contributed by atoms with Crippen molar-refractivity contribution in [2.24, 2.45) is 5.92 Å². The van der Waals surface area contributed by atoms with Crippen LogP contribution in [0.5, 0.6) is 0 Å². The number of carbonyl (C=O) groups excluding carboxylic acids is 2. The molecule has 1 aromatic rings. The highest BCUT2D eigenvalue weighted by atomic mass is 32.1. The van der Waals surface area contributed by atoms with Crippen molar-refractivity contribution in [3.05, 3.63) is 22.4 Å². The van der Waals surface area contributed by atoms with Crippen LogP contribution in [0.15, 0.2) is 17.5 Å². The van der Waals surface area contributed by atoms with Crippen LogP contribution in [0, 0.1) is 5.92 Å². The van der Waals surface area contributed by atoms with Gasteiger partial charge in [0, 0.05) is 17.8 Å². The summed E-state index contributed by atoms with van der Waals surface area (Å²) in [6.07, 6.45) is 1.11. The van der Waals surface area contributed by atoms with Gasteiger partial charge in [0.25, 0.3) is 0 Å². The van der Waals surface area contributed by atoms with E-state index in [1.165, 1.54) is 0 Å². The number of likely N-dealkylation sites (tertiary alicyclic amines) is 1. The smallest absolute Gasteiger partial charge is 0.242 e. The molecule has 19 heavy (non-hydrogen) atoms. The molecule has 4 nitrogen and oxygen atoms in total. The maximum Gasteiger partial charge on any atom is 0.242 e. The van der Waals surface area contributed by atoms with Crippen molar-refractivity contribution in [1.82, 2.24) is 10.2 Å². The molecule has 2 rings (SSSR count). The summed E-state index contributed by atoms with van der Waals surface area (Å²) in [6.45, 7) is 5.33. The molecule has 104 valence electrons. The molecule has 0 bridgehead atoms. The van der Waals surface area contributed by atoms with Crippen molar-refractivity contribution in [3.8, 4) is 0 Å². The van der Waals surface area contributed by atoms with Gasteiger partial charge in [-0.1, -0.05) is 19.9 Å². The van der Waals surface area contributed by atoms with Gasteiger partial charge in [-0.25, -0.2) is 0 Å². The minimum absolute atomic E-state index is 0.0175. The third-order valence-electron chi connectivity index (χ3n) is 3.22. The highest BCUT2D eigenvalue weighted by Gasteiger charge is 2.35. The van der Waals surface area contributed by atoms with Gasteiger partial charge in [-0.2, -0.15) is 0 Å². The summed E-state index contributed by atoms with van der Waals surface area (Å²) in [4.78, 5) is 26.9. The van der Waals surface area contributed by atoms with Crippen LogP contribution in [0.1, 0.15) is 31.6 Å². The average molecular weight is 280 g/mol. The van der Waals surface area contributed by atoms with Gasteiger partial charge >= 0.3 is 0 Å². The number of hydrogen-bond acceptors (Lipinski definition) is 3. The van der Waals surface area contributed by atoms with Gasteiger partial charge in [0.2, 0.25) is 11.8 Å². The maximum atomic E-state index is 12.1. The highest BCUT2D eigenvalue weighted by Crippen LogP contribution is 2.23. The minimum atomic E-state index is -0.298. The fraction of sp³-hybridized carbons (Fsp3) is 0.571. The van der Waals surface area contributed by atoms with E-state index >= 15 is 0 Å². The number of thiophene rings is 1. The Kier molecular flexibility index (Phi) is 4.58. The summed E-state index contributed by atoms with van der Waals surface area (Å²) in [5.41, 5.74) is 0. The van der Waals surface area contributed by atoms with E-state index in [0.717, 1.165) is 4.88 Å². The van der Waals surface area contributed by atoms with E-state index < -0.39 is 0 Å². The highest BCUT2D eigenvalue weighted by molar-refractivity contribution is 7.09. The molecule has 1 N–H and O–H groups in total. The lowest BCUT2D eigenvalue weighted by molar-refractivity contribution is -0.135. The Morgan fingerprint density at radius 1 is 1.58 bits per heavy atom. The molecule has 0 radical (unpaired) electrons. The lowest BCUT2D eigenvalue weighted by atomic mass is 10.2. The first-order valence-corrected chi connectivity index (χ1v) is 7.55. The summed E-state index contributed by atoms with van der Waals surface area (Å²) in [5, 5.41) is 4.91.